The van der Waals surface area contributed by atoms with Crippen LogP contribution < -0.4 is 10.1 Å². The molecule has 0 aromatic carbocycles. The molecule has 2 rings (SSSR count). The molecule has 7 heteroatoms. The van der Waals surface area contributed by atoms with Crippen molar-refractivity contribution < 1.29 is 14.3 Å². The molecule has 1 aromatic heterocycles. The predicted molar refractivity (Wildman–Crippen MR) is 75.1 cm³/mol. The van der Waals surface area contributed by atoms with Crippen LogP contribution in [-0.4, -0.2) is 56.8 Å². The second-order valence-electron chi connectivity index (χ2n) is 4.29. The molecule has 0 radical (unpaired) electrons. The summed E-state index contributed by atoms with van der Waals surface area (Å²) in [6.07, 6.45) is 0. The summed E-state index contributed by atoms with van der Waals surface area (Å²) in [4.78, 5) is 13.8. The van der Waals surface area contributed by atoms with E-state index in [4.69, 9.17) is 21.1 Å². The van der Waals surface area contributed by atoms with Crippen molar-refractivity contribution >= 4 is 28.8 Å². The first kappa shape index (κ1) is 14.6. The van der Waals surface area contributed by atoms with Gasteiger partial charge in [-0.25, -0.2) is 0 Å². The maximum Gasteiger partial charge on any atom is 0.260 e. The third kappa shape index (κ3) is 4.35. The van der Waals surface area contributed by atoms with Gasteiger partial charge in [0, 0.05) is 32.8 Å². The molecule has 1 atom stereocenters. The zero-order chi connectivity index (χ0) is 13.7. The Morgan fingerprint density at radius 3 is 3.16 bits per heavy atom. The Morgan fingerprint density at radius 2 is 2.47 bits per heavy atom. The van der Waals surface area contributed by atoms with Gasteiger partial charge in [-0.2, -0.15) is 0 Å². The van der Waals surface area contributed by atoms with E-state index in [1.54, 1.807) is 24.1 Å². The van der Waals surface area contributed by atoms with E-state index in [1.807, 2.05) is 0 Å². The zero-order valence-corrected chi connectivity index (χ0v) is 12.3. The minimum Gasteiger partial charge on any atom is -0.474 e. The van der Waals surface area contributed by atoms with Gasteiger partial charge < -0.3 is 19.7 Å². The van der Waals surface area contributed by atoms with Gasteiger partial charge in [-0.1, -0.05) is 22.9 Å². The highest BCUT2D eigenvalue weighted by atomic mass is 35.5. The van der Waals surface area contributed by atoms with Crippen LogP contribution in [0, 0.1) is 0 Å². The maximum atomic E-state index is 12.0. The van der Waals surface area contributed by atoms with Crippen molar-refractivity contribution in [1.82, 2.24) is 10.2 Å². The van der Waals surface area contributed by atoms with Crippen molar-refractivity contribution in [2.24, 2.45) is 0 Å². The topological polar surface area (TPSA) is 50.8 Å². The lowest BCUT2D eigenvalue weighted by Crippen LogP contribution is -2.55. The fourth-order valence-corrected chi connectivity index (χ4v) is 2.84. The van der Waals surface area contributed by atoms with E-state index in [0.717, 1.165) is 6.54 Å². The third-order valence-electron chi connectivity index (χ3n) is 2.86. The molecular weight excluding hydrogens is 288 g/mol. The molecule has 1 saturated heterocycles. The summed E-state index contributed by atoms with van der Waals surface area (Å²) in [7, 11) is 1.66. The van der Waals surface area contributed by atoms with Crippen molar-refractivity contribution in [2.45, 2.75) is 6.04 Å². The molecule has 5 nitrogen and oxygen atoms in total. The van der Waals surface area contributed by atoms with Gasteiger partial charge in [-0.15, -0.1) is 0 Å². The van der Waals surface area contributed by atoms with E-state index < -0.39 is 0 Å². The zero-order valence-electron chi connectivity index (χ0n) is 10.7. The number of methoxy groups -OCH3 is 1. The first-order valence-electron chi connectivity index (χ1n) is 6.07. The third-order valence-corrected chi connectivity index (χ3v) is 4.01. The van der Waals surface area contributed by atoms with E-state index in [0.29, 0.717) is 29.1 Å². The molecule has 2 heterocycles. The fourth-order valence-electron chi connectivity index (χ4n) is 1.96. The molecule has 1 fully saturated rings. The molecule has 19 heavy (non-hydrogen) atoms. The summed E-state index contributed by atoms with van der Waals surface area (Å²) < 4.78 is 11.2. The number of nitrogens with one attached hydrogen (secondary N) is 1. The molecule has 0 aliphatic carbocycles. The van der Waals surface area contributed by atoms with Gasteiger partial charge in [0.2, 0.25) is 0 Å². The van der Waals surface area contributed by atoms with Crippen molar-refractivity contribution in [1.29, 1.82) is 0 Å². The van der Waals surface area contributed by atoms with E-state index in [1.165, 1.54) is 11.3 Å². The number of nitrogens with zero attached hydrogens (tertiary/aromatic N) is 1. The average Bonchev–Trinajstić information content (AvgIpc) is 2.82. The normalized spacial score (nSPS) is 19.5. The van der Waals surface area contributed by atoms with Crippen LogP contribution in [0.4, 0.5) is 0 Å². The lowest BCUT2D eigenvalue weighted by Gasteiger charge is -2.33. The van der Waals surface area contributed by atoms with Gasteiger partial charge >= 0.3 is 0 Å². The number of piperazine rings is 1. The average molecular weight is 305 g/mol. The Hall–Kier alpha value is -0.820. The van der Waals surface area contributed by atoms with E-state index in [2.05, 4.69) is 5.32 Å². The van der Waals surface area contributed by atoms with Crippen LogP contribution in [-0.2, 0) is 9.53 Å². The van der Waals surface area contributed by atoms with Gasteiger partial charge in [0.15, 0.2) is 11.7 Å². The highest BCUT2D eigenvalue weighted by Gasteiger charge is 2.23. The van der Waals surface area contributed by atoms with E-state index in [-0.39, 0.29) is 18.6 Å². The Labute approximate surface area is 121 Å². The van der Waals surface area contributed by atoms with E-state index in [9.17, 15) is 4.79 Å². The van der Waals surface area contributed by atoms with Crippen LogP contribution in [0.5, 0.6) is 5.06 Å². The summed E-state index contributed by atoms with van der Waals surface area (Å²) in [5.74, 6) is -0.00729. The first-order chi connectivity index (χ1) is 9.19. The summed E-state index contributed by atoms with van der Waals surface area (Å²) in [6.45, 7) is 2.79. The lowest BCUT2D eigenvalue weighted by molar-refractivity contribution is -0.134. The molecule has 0 spiro atoms. The molecule has 0 saturated carbocycles. The van der Waals surface area contributed by atoms with Crippen molar-refractivity contribution in [3.8, 4) is 5.06 Å². The van der Waals surface area contributed by atoms with Crippen LogP contribution in [0.25, 0.3) is 0 Å². The van der Waals surface area contributed by atoms with Gasteiger partial charge in [-0.3, -0.25) is 4.79 Å². The number of carbonyl (C=O) groups is 1. The Morgan fingerprint density at radius 1 is 1.63 bits per heavy atom. The second-order valence-corrected chi connectivity index (χ2v) is 5.97. The monoisotopic (exact) mass is 304 g/mol. The highest BCUT2D eigenvalue weighted by molar-refractivity contribution is 7.17. The molecule has 1 aromatic rings. The van der Waals surface area contributed by atoms with E-state index >= 15 is 0 Å². The molecule has 106 valence electrons. The van der Waals surface area contributed by atoms with Crippen molar-refractivity contribution in [2.75, 3.05) is 40.0 Å². The van der Waals surface area contributed by atoms with Crippen LogP contribution in [0.1, 0.15) is 0 Å². The number of halogens is 1. The van der Waals surface area contributed by atoms with Crippen LogP contribution in [0.3, 0.4) is 0 Å². The molecule has 1 aliphatic rings. The lowest BCUT2D eigenvalue weighted by atomic mass is 10.2. The summed E-state index contributed by atoms with van der Waals surface area (Å²) in [6, 6.07) is 3.72. The molecule has 1 aliphatic heterocycles. The second kappa shape index (κ2) is 7.09. The van der Waals surface area contributed by atoms with Gasteiger partial charge in [0.1, 0.15) is 0 Å². The number of amides is 1. The van der Waals surface area contributed by atoms with Crippen LogP contribution in [0.2, 0.25) is 4.34 Å². The number of carbonyl (C=O) groups excluding carboxylic acids is 1. The van der Waals surface area contributed by atoms with Crippen molar-refractivity contribution in [3.05, 3.63) is 16.5 Å². The standard InChI is InChI=1S/C12H17ClN2O3S/c1-17-7-9-6-15(5-4-14-9)11(16)8-18-12-3-2-10(13)19-12/h2-3,9,14H,4-8H2,1H3. The fraction of sp³-hybridized carbons (Fsp3) is 0.583. The van der Waals surface area contributed by atoms with Gasteiger partial charge in [0.05, 0.1) is 10.9 Å². The predicted octanol–water partition coefficient (Wildman–Crippen LogP) is 1.23. The quantitative estimate of drug-likeness (QED) is 0.889. The first-order valence-corrected chi connectivity index (χ1v) is 7.26. The Bertz CT molecular complexity index is 425. The molecular formula is C12H17ClN2O3S. The number of hydrogen-bond acceptors (Lipinski definition) is 5. The van der Waals surface area contributed by atoms with Crippen LogP contribution >= 0.6 is 22.9 Å². The number of ether oxygens (including phenoxy) is 2. The Balaban J connectivity index is 1.79. The van der Waals surface area contributed by atoms with Crippen LogP contribution in [0.15, 0.2) is 12.1 Å². The Kier molecular flexibility index (Phi) is 5.45. The molecule has 1 N–H and O–H groups in total. The van der Waals surface area contributed by atoms with Crippen molar-refractivity contribution in [3.63, 3.8) is 0 Å². The molecule has 1 unspecified atom stereocenters. The minimum atomic E-state index is -0.00729. The molecule has 1 amide bonds. The number of hydrogen-bond donors (Lipinski definition) is 1. The summed E-state index contributed by atoms with van der Waals surface area (Å²) >= 11 is 7.12. The number of rotatable bonds is 5. The summed E-state index contributed by atoms with van der Waals surface area (Å²) in [5.41, 5.74) is 0. The number of thiophene rings is 1. The maximum absolute atomic E-state index is 12.0. The molecule has 0 bridgehead atoms. The minimum absolute atomic E-state index is 0.00729. The largest absolute Gasteiger partial charge is 0.474 e. The van der Waals surface area contributed by atoms with Gasteiger partial charge in [-0.05, 0) is 12.1 Å². The highest BCUT2D eigenvalue weighted by Crippen LogP contribution is 2.28. The SMILES string of the molecule is COCC1CN(C(=O)COc2ccc(Cl)s2)CCN1. The summed E-state index contributed by atoms with van der Waals surface area (Å²) in [5, 5.41) is 3.98. The smallest absolute Gasteiger partial charge is 0.260 e. The van der Waals surface area contributed by atoms with Gasteiger partial charge in [0.25, 0.3) is 5.91 Å².